The van der Waals surface area contributed by atoms with E-state index in [1.807, 2.05) is 24.3 Å². The molecular formula is C7H10BrNO. The van der Waals surface area contributed by atoms with E-state index in [0.29, 0.717) is 0 Å². The van der Waals surface area contributed by atoms with Crippen LogP contribution in [0.1, 0.15) is 0 Å². The van der Waals surface area contributed by atoms with Gasteiger partial charge in [-0.2, -0.15) is 0 Å². The van der Waals surface area contributed by atoms with Gasteiger partial charge in [-0.25, -0.2) is 0 Å². The zero-order valence-electron chi connectivity index (χ0n) is 5.71. The standard InChI is InChI=1S/C6H6BrN.CH4O/c7-5-1-3-6(8)4-2-5;1-2/h1-4H,8H2;2H,1H3. The number of hydrogen-bond donors (Lipinski definition) is 2. The fourth-order valence-corrected chi connectivity index (χ4v) is 0.727. The highest BCUT2D eigenvalue weighted by molar-refractivity contribution is 9.10. The van der Waals surface area contributed by atoms with Gasteiger partial charge in [-0.3, -0.25) is 0 Å². The minimum atomic E-state index is 0.799. The first-order chi connectivity index (χ1) is 4.79. The zero-order valence-corrected chi connectivity index (χ0v) is 7.30. The molecule has 0 spiro atoms. The monoisotopic (exact) mass is 203 g/mol. The van der Waals surface area contributed by atoms with Crippen LogP contribution in [-0.4, -0.2) is 12.2 Å². The molecule has 0 unspecified atom stereocenters. The van der Waals surface area contributed by atoms with Crippen LogP contribution in [0.15, 0.2) is 28.7 Å². The van der Waals surface area contributed by atoms with Crippen molar-refractivity contribution in [2.45, 2.75) is 0 Å². The number of benzene rings is 1. The molecule has 3 N–H and O–H groups in total. The highest BCUT2D eigenvalue weighted by Gasteiger charge is 1.81. The smallest absolute Gasteiger partial charge is 0.0319 e. The Bertz CT molecular complexity index is 152. The van der Waals surface area contributed by atoms with E-state index in [1.54, 1.807) is 0 Å². The molecule has 0 saturated carbocycles. The first-order valence-electron chi connectivity index (χ1n) is 2.75. The van der Waals surface area contributed by atoms with Crippen molar-refractivity contribution in [2.75, 3.05) is 12.8 Å². The zero-order chi connectivity index (χ0) is 7.98. The molecule has 0 saturated heterocycles. The van der Waals surface area contributed by atoms with E-state index in [0.717, 1.165) is 17.3 Å². The van der Waals surface area contributed by atoms with Crippen LogP contribution in [0.4, 0.5) is 5.69 Å². The van der Waals surface area contributed by atoms with Crippen LogP contribution in [0.3, 0.4) is 0 Å². The van der Waals surface area contributed by atoms with Crippen molar-refractivity contribution >= 4 is 21.6 Å². The lowest BCUT2D eigenvalue weighted by molar-refractivity contribution is 0.399. The van der Waals surface area contributed by atoms with Crippen LogP contribution in [0.2, 0.25) is 0 Å². The van der Waals surface area contributed by atoms with Gasteiger partial charge in [0, 0.05) is 17.3 Å². The summed E-state index contributed by atoms with van der Waals surface area (Å²) in [5.41, 5.74) is 6.21. The number of hydrogen-bond acceptors (Lipinski definition) is 2. The maximum atomic E-state index is 7.00. The Morgan fingerprint density at radius 2 is 1.60 bits per heavy atom. The van der Waals surface area contributed by atoms with E-state index in [2.05, 4.69) is 15.9 Å². The second-order valence-electron chi connectivity index (χ2n) is 1.55. The van der Waals surface area contributed by atoms with Crippen LogP contribution in [-0.2, 0) is 0 Å². The molecule has 10 heavy (non-hydrogen) atoms. The molecule has 0 radical (unpaired) electrons. The first kappa shape index (κ1) is 9.46. The number of halogens is 1. The molecule has 0 aromatic heterocycles. The lowest BCUT2D eigenvalue weighted by Gasteiger charge is -1.88. The van der Waals surface area contributed by atoms with E-state index in [4.69, 9.17) is 10.8 Å². The van der Waals surface area contributed by atoms with Crippen molar-refractivity contribution < 1.29 is 5.11 Å². The van der Waals surface area contributed by atoms with Crippen LogP contribution >= 0.6 is 15.9 Å². The molecule has 1 aromatic carbocycles. The minimum absolute atomic E-state index is 0.799. The Morgan fingerprint density at radius 1 is 1.20 bits per heavy atom. The Balaban J connectivity index is 0.000000371. The molecule has 1 rings (SSSR count). The lowest BCUT2D eigenvalue weighted by Crippen LogP contribution is -1.80. The van der Waals surface area contributed by atoms with Crippen molar-refractivity contribution in [3.05, 3.63) is 28.7 Å². The molecule has 0 bridgehead atoms. The molecule has 0 amide bonds. The maximum Gasteiger partial charge on any atom is 0.0319 e. The van der Waals surface area contributed by atoms with E-state index >= 15 is 0 Å². The van der Waals surface area contributed by atoms with Gasteiger partial charge in [0.1, 0.15) is 0 Å². The average molecular weight is 204 g/mol. The van der Waals surface area contributed by atoms with Crippen LogP contribution < -0.4 is 5.73 Å². The Labute approximate surface area is 68.8 Å². The third-order valence-electron chi connectivity index (χ3n) is 0.870. The molecule has 56 valence electrons. The van der Waals surface area contributed by atoms with E-state index in [1.165, 1.54) is 0 Å². The first-order valence-corrected chi connectivity index (χ1v) is 3.54. The van der Waals surface area contributed by atoms with Gasteiger partial charge < -0.3 is 10.8 Å². The molecule has 0 heterocycles. The number of nitrogens with two attached hydrogens (primary N) is 1. The van der Waals surface area contributed by atoms with Crippen molar-refractivity contribution in [2.24, 2.45) is 0 Å². The minimum Gasteiger partial charge on any atom is -0.400 e. The van der Waals surface area contributed by atoms with E-state index in [-0.39, 0.29) is 0 Å². The summed E-state index contributed by atoms with van der Waals surface area (Å²) in [7, 11) is 1.00. The highest BCUT2D eigenvalue weighted by Crippen LogP contribution is 2.10. The number of rotatable bonds is 0. The summed E-state index contributed by atoms with van der Waals surface area (Å²) in [4.78, 5) is 0. The summed E-state index contributed by atoms with van der Waals surface area (Å²) in [6.07, 6.45) is 0. The Kier molecular flexibility index (Phi) is 4.98. The molecule has 0 fully saturated rings. The predicted octanol–water partition coefficient (Wildman–Crippen LogP) is 1.64. The second kappa shape index (κ2) is 5.26. The van der Waals surface area contributed by atoms with Gasteiger partial charge in [0.25, 0.3) is 0 Å². The molecule has 0 atom stereocenters. The Hall–Kier alpha value is -0.540. The van der Waals surface area contributed by atoms with E-state index < -0.39 is 0 Å². The fourth-order valence-electron chi connectivity index (χ4n) is 0.463. The summed E-state index contributed by atoms with van der Waals surface area (Å²) in [5, 5.41) is 7.00. The quantitative estimate of drug-likeness (QED) is 0.631. The fraction of sp³-hybridized carbons (Fsp3) is 0.143. The number of nitrogen functional groups attached to an aromatic ring is 1. The van der Waals surface area contributed by atoms with Gasteiger partial charge in [-0.1, -0.05) is 15.9 Å². The lowest BCUT2D eigenvalue weighted by atomic mass is 10.3. The predicted molar refractivity (Wildman–Crippen MR) is 46.7 cm³/mol. The van der Waals surface area contributed by atoms with Gasteiger partial charge in [-0.15, -0.1) is 0 Å². The van der Waals surface area contributed by atoms with E-state index in [9.17, 15) is 0 Å². The summed E-state index contributed by atoms with van der Waals surface area (Å²) in [6, 6.07) is 7.53. The van der Waals surface area contributed by atoms with Gasteiger partial charge in [0.2, 0.25) is 0 Å². The van der Waals surface area contributed by atoms with Crippen LogP contribution in [0, 0.1) is 0 Å². The number of aliphatic hydroxyl groups is 1. The normalized spacial score (nSPS) is 7.90. The van der Waals surface area contributed by atoms with Crippen molar-refractivity contribution in [3.8, 4) is 0 Å². The third-order valence-corrected chi connectivity index (χ3v) is 1.40. The number of anilines is 1. The molecule has 0 aliphatic carbocycles. The van der Waals surface area contributed by atoms with Gasteiger partial charge in [-0.05, 0) is 24.3 Å². The highest BCUT2D eigenvalue weighted by atomic mass is 79.9. The van der Waals surface area contributed by atoms with Gasteiger partial charge in [0.05, 0.1) is 0 Å². The molecule has 2 nitrogen and oxygen atoms in total. The third kappa shape index (κ3) is 3.48. The summed E-state index contributed by atoms with van der Waals surface area (Å²) in [5.74, 6) is 0. The molecule has 0 aliphatic heterocycles. The van der Waals surface area contributed by atoms with Gasteiger partial charge >= 0.3 is 0 Å². The molecule has 0 aliphatic rings. The summed E-state index contributed by atoms with van der Waals surface area (Å²) in [6.45, 7) is 0. The summed E-state index contributed by atoms with van der Waals surface area (Å²) < 4.78 is 1.06. The van der Waals surface area contributed by atoms with Crippen molar-refractivity contribution in [3.63, 3.8) is 0 Å². The topological polar surface area (TPSA) is 46.2 Å². The molecule has 3 heteroatoms. The summed E-state index contributed by atoms with van der Waals surface area (Å²) >= 11 is 3.29. The van der Waals surface area contributed by atoms with Crippen molar-refractivity contribution in [1.29, 1.82) is 0 Å². The van der Waals surface area contributed by atoms with Crippen LogP contribution in [0.25, 0.3) is 0 Å². The molecule has 1 aromatic rings. The van der Waals surface area contributed by atoms with Crippen molar-refractivity contribution in [1.82, 2.24) is 0 Å². The average Bonchev–Trinajstić information content (AvgIpc) is 2.00. The maximum absolute atomic E-state index is 7.00. The number of aliphatic hydroxyl groups excluding tert-OH is 1. The largest absolute Gasteiger partial charge is 0.400 e. The second-order valence-corrected chi connectivity index (χ2v) is 2.47. The SMILES string of the molecule is CO.Nc1ccc(Br)cc1. The van der Waals surface area contributed by atoms with Crippen LogP contribution in [0.5, 0.6) is 0 Å². The molecular weight excluding hydrogens is 194 g/mol. The Morgan fingerprint density at radius 3 is 1.90 bits per heavy atom. The van der Waals surface area contributed by atoms with Gasteiger partial charge in [0.15, 0.2) is 0 Å².